The number of sulfonamides is 1. The summed E-state index contributed by atoms with van der Waals surface area (Å²) in [6.07, 6.45) is 2.64. The first-order valence-electron chi connectivity index (χ1n) is 7.77. The number of carbonyl (C=O) groups excluding carboxylic acids is 1. The Balaban J connectivity index is 2.22. The van der Waals surface area contributed by atoms with Gasteiger partial charge in [0, 0.05) is 18.6 Å². The second kappa shape index (κ2) is 7.42. The number of hydrogen-bond donors (Lipinski definition) is 1. The van der Waals surface area contributed by atoms with Crippen molar-refractivity contribution in [3.05, 3.63) is 35.4 Å². The molecule has 1 aromatic rings. The van der Waals surface area contributed by atoms with Gasteiger partial charge in [0.2, 0.25) is 10.0 Å². The number of nitrogens with zero attached hydrogens (tertiary/aromatic N) is 1. The minimum absolute atomic E-state index is 0.138. The lowest BCUT2D eigenvalue weighted by Crippen LogP contribution is -2.51. The van der Waals surface area contributed by atoms with Gasteiger partial charge in [0.15, 0.2) is 0 Å². The maximum atomic E-state index is 12.8. The Morgan fingerprint density at radius 1 is 1.43 bits per heavy atom. The molecule has 2 N–H and O–H groups in total. The normalized spacial score (nSPS) is 20.9. The molecule has 7 heteroatoms. The van der Waals surface area contributed by atoms with Crippen LogP contribution in [0.2, 0.25) is 0 Å². The second-order valence-electron chi connectivity index (χ2n) is 5.98. The summed E-state index contributed by atoms with van der Waals surface area (Å²) in [6.45, 7) is 2.35. The fourth-order valence-corrected chi connectivity index (χ4v) is 4.88. The maximum absolute atomic E-state index is 12.8. The Bertz CT molecular complexity index is 658. The van der Waals surface area contributed by atoms with Crippen molar-refractivity contribution in [2.45, 2.75) is 44.0 Å². The molecular formula is C16H24N2O4S. The van der Waals surface area contributed by atoms with Crippen LogP contribution < -0.4 is 5.73 Å². The predicted molar refractivity (Wildman–Crippen MR) is 88.4 cm³/mol. The van der Waals surface area contributed by atoms with E-state index >= 15 is 0 Å². The van der Waals surface area contributed by atoms with E-state index in [9.17, 15) is 13.2 Å². The summed E-state index contributed by atoms with van der Waals surface area (Å²) in [6, 6.07) is 6.18. The van der Waals surface area contributed by atoms with Gasteiger partial charge in [-0.25, -0.2) is 13.2 Å². The van der Waals surface area contributed by atoms with Gasteiger partial charge in [-0.15, -0.1) is 0 Å². The highest BCUT2D eigenvalue weighted by molar-refractivity contribution is 7.88. The molecule has 2 rings (SSSR count). The minimum atomic E-state index is -3.48. The molecule has 0 saturated carbocycles. The summed E-state index contributed by atoms with van der Waals surface area (Å²) in [5.41, 5.74) is 6.88. The fraction of sp³-hybridized carbons (Fsp3) is 0.562. The lowest BCUT2D eigenvalue weighted by Gasteiger charge is -2.37. The van der Waals surface area contributed by atoms with Crippen LogP contribution in [0.1, 0.15) is 42.1 Å². The van der Waals surface area contributed by atoms with Crippen LogP contribution in [0.3, 0.4) is 0 Å². The van der Waals surface area contributed by atoms with E-state index in [1.54, 1.807) is 24.3 Å². The van der Waals surface area contributed by atoms with Gasteiger partial charge in [0.1, 0.15) is 0 Å². The number of ether oxygens (including phenoxy) is 1. The van der Waals surface area contributed by atoms with Crippen LogP contribution in [-0.2, 0) is 20.5 Å². The van der Waals surface area contributed by atoms with Crippen LogP contribution in [0.15, 0.2) is 24.3 Å². The monoisotopic (exact) mass is 340 g/mol. The van der Waals surface area contributed by atoms with Crippen molar-refractivity contribution in [1.82, 2.24) is 4.31 Å². The van der Waals surface area contributed by atoms with Gasteiger partial charge >= 0.3 is 5.97 Å². The van der Waals surface area contributed by atoms with Crippen molar-refractivity contribution < 1.29 is 17.9 Å². The number of rotatable bonds is 5. The first-order valence-corrected chi connectivity index (χ1v) is 9.38. The van der Waals surface area contributed by atoms with E-state index in [0.717, 1.165) is 19.3 Å². The number of carbonyl (C=O) groups is 1. The first kappa shape index (κ1) is 17.9. The third kappa shape index (κ3) is 4.31. The molecule has 2 unspecified atom stereocenters. The molecule has 128 valence electrons. The van der Waals surface area contributed by atoms with Crippen LogP contribution in [0, 0.1) is 0 Å². The molecule has 0 aliphatic carbocycles. The second-order valence-corrected chi connectivity index (χ2v) is 7.90. The van der Waals surface area contributed by atoms with Crippen LogP contribution in [-0.4, -0.2) is 44.4 Å². The molecule has 6 nitrogen and oxygen atoms in total. The molecule has 23 heavy (non-hydrogen) atoms. The molecule has 0 amide bonds. The Kier molecular flexibility index (Phi) is 5.78. The number of methoxy groups -OCH3 is 1. The smallest absolute Gasteiger partial charge is 0.337 e. The predicted octanol–water partition coefficient (Wildman–Crippen LogP) is 1.50. The van der Waals surface area contributed by atoms with Crippen molar-refractivity contribution in [3.63, 3.8) is 0 Å². The lowest BCUT2D eigenvalue weighted by molar-refractivity contribution is 0.0600. The van der Waals surface area contributed by atoms with Gasteiger partial charge in [0.05, 0.1) is 18.4 Å². The summed E-state index contributed by atoms with van der Waals surface area (Å²) in [7, 11) is -2.18. The van der Waals surface area contributed by atoms with Gasteiger partial charge in [0.25, 0.3) is 0 Å². The maximum Gasteiger partial charge on any atom is 0.337 e. The number of piperidine rings is 1. The van der Waals surface area contributed by atoms with Gasteiger partial charge < -0.3 is 10.5 Å². The summed E-state index contributed by atoms with van der Waals surface area (Å²) < 4.78 is 31.8. The number of esters is 1. The molecule has 0 radical (unpaired) electrons. The van der Waals surface area contributed by atoms with Crippen molar-refractivity contribution in [2.75, 3.05) is 13.7 Å². The van der Waals surface area contributed by atoms with Crippen LogP contribution >= 0.6 is 0 Å². The third-order valence-corrected chi connectivity index (χ3v) is 6.03. The Morgan fingerprint density at radius 3 is 2.83 bits per heavy atom. The summed E-state index contributed by atoms with van der Waals surface area (Å²) in [5, 5.41) is 0. The van der Waals surface area contributed by atoms with E-state index in [1.807, 2.05) is 6.92 Å². The zero-order valence-electron chi connectivity index (χ0n) is 13.6. The summed E-state index contributed by atoms with van der Waals surface area (Å²) >= 11 is 0. The molecule has 0 aromatic heterocycles. The van der Waals surface area contributed by atoms with Crippen molar-refractivity contribution >= 4 is 16.0 Å². The average Bonchev–Trinajstić information content (AvgIpc) is 2.54. The Hall–Kier alpha value is -1.44. The highest BCUT2D eigenvalue weighted by Gasteiger charge is 2.34. The molecule has 0 bridgehead atoms. The van der Waals surface area contributed by atoms with E-state index in [1.165, 1.54) is 11.4 Å². The van der Waals surface area contributed by atoms with Crippen LogP contribution in [0.4, 0.5) is 0 Å². The van der Waals surface area contributed by atoms with Crippen LogP contribution in [0.25, 0.3) is 0 Å². The number of nitrogens with two attached hydrogens (primary N) is 1. The molecule has 1 aliphatic heterocycles. The molecule has 0 spiro atoms. The lowest BCUT2D eigenvalue weighted by atomic mass is 10.00. The first-order chi connectivity index (χ1) is 10.8. The average molecular weight is 340 g/mol. The summed E-state index contributed by atoms with van der Waals surface area (Å²) in [5.74, 6) is -0.614. The number of benzene rings is 1. The molecule has 1 aliphatic rings. The zero-order valence-corrected chi connectivity index (χ0v) is 14.4. The van der Waals surface area contributed by atoms with Gasteiger partial charge in [-0.05, 0) is 37.5 Å². The third-order valence-electron chi connectivity index (χ3n) is 4.16. The SMILES string of the molecule is COC(=O)c1cccc(CS(=O)(=O)N2CCCCC2C(C)N)c1. The van der Waals surface area contributed by atoms with E-state index in [0.29, 0.717) is 17.7 Å². The molecular weight excluding hydrogens is 316 g/mol. The van der Waals surface area contributed by atoms with Crippen molar-refractivity contribution in [1.29, 1.82) is 0 Å². The van der Waals surface area contributed by atoms with E-state index < -0.39 is 16.0 Å². The molecule has 2 atom stereocenters. The summed E-state index contributed by atoms with van der Waals surface area (Å²) in [4.78, 5) is 11.6. The van der Waals surface area contributed by atoms with Gasteiger partial charge in [-0.3, -0.25) is 0 Å². The Morgan fingerprint density at radius 2 is 2.17 bits per heavy atom. The molecule has 1 fully saturated rings. The van der Waals surface area contributed by atoms with Gasteiger partial charge in [-0.2, -0.15) is 4.31 Å². The van der Waals surface area contributed by atoms with E-state index in [-0.39, 0.29) is 17.8 Å². The highest BCUT2D eigenvalue weighted by Crippen LogP contribution is 2.24. The Labute approximate surface area is 137 Å². The molecule has 1 saturated heterocycles. The molecule has 1 heterocycles. The zero-order chi connectivity index (χ0) is 17.0. The highest BCUT2D eigenvalue weighted by atomic mass is 32.2. The quantitative estimate of drug-likeness (QED) is 0.821. The van der Waals surface area contributed by atoms with Crippen LogP contribution in [0.5, 0.6) is 0 Å². The topological polar surface area (TPSA) is 89.7 Å². The minimum Gasteiger partial charge on any atom is -0.465 e. The fourth-order valence-electron chi connectivity index (χ4n) is 3.00. The standard InChI is InChI=1S/C16H24N2O4S/c1-12(17)15-8-3-4-9-18(15)23(20,21)11-13-6-5-7-14(10-13)16(19)22-2/h5-7,10,12,15H,3-4,8-9,11,17H2,1-2H3. The van der Waals surface area contributed by atoms with Gasteiger partial charge in [-0.1, -0.05) is 18.6 Å². The van der Waals surface area contributed by atoms with Crippen molar-refractivity contribution in [3.8, 4) is 0 Å². The molecule has 1 aromatic carbocycles. The van der Waals surface area contributed by atoms with Crippen molar-refractivity contribution in [2.24, 2.45) is 5.73 Å². The largest absolute Gasteiger partial charge is 0.465 e. The van der Waals surface area contributed by atoms with E-state index in [2.05, 4.69) is 4.74 Å². The van der Waals surface area contributed by atoms with E-state index in [4.69, 9.17) is 5.73 Å². The number of hydrogen-bond acceptors (Lipinski definition) is 5.